The molecule has 20 heavy (non-hydrogen) atoms. The first-order valence-corrected chi connectivity index (χ1v) is 7.25. The van der Waals surface area contributed by atoms with Gasteiger partial charge in [0.05, 0.1) is 19.8 Å². The molecule has 4 heteroatoms. The molecule has 1 fully saturated rings. The molecule has 3 rings (SSSR count). The molecular formula is C16H21NO3. The number of benzene rings is 1. The van der Waals surface area contributed by atoms with Crippen molar-refractivity contribution in [2.45, 2.75) is 44.1 Å². The number of rotatable bonds is 2. The summed E-state index contributed by atoms with van der Waals surface area (Å²) in [5.74, 6) is 1.40. The maximum atomic E-state index is 12.6. The van der Waals surface area contributed by atoms with Gasteiger partial charge >= 0.3 is 0 Å². The Morgan fingerprint density at radius 2 is 1.70 bits per heavy atom. The van der Waals surface area contributed by atoms with E-state index in [4.69, 9.17) is 9.47 Å². The van der Waals surface area contributed by atoms with Crippen LogP contribution < -0.4 is 14.8 Å². The van der Waals surface area contributed by atoms with Crippen molar-refractivity contribution in [3.8, 4) is 11.5 Å². The summed E-state index contributed by atoms with van der Waals surface area (Å²) in [5, 5.41) is 3.24. The van der Waals surface area contributed by atoms with Crippen LogP contribution in [0, 0.1) is 0 Å². The first kappa shape index (κ1) is 13.3. The van der Waals surface area contributed by atoms with Gasteiger partial charge in [-0.2, -0.15) is 0 Å². The number of ether oxygens (including phenoxy) is 2. The Labute approximate surface area is 119 Å². The van der Waals surface area contributed by atoms with Crippen molar-refractivity contribution < 1.29 is 14.3 Å². The maximum Gasteiger partial charge on any atom is 0.255 e. The highest BCUT2D eigenvalue weighted by atomic mass is 16.5. The lowest BCUT2D eigenvalue weighted by Gasteiger charge is -2.42. The second kappa shape index (κ2) is 5.00. The van der Waals surface area contributed by atoms with E-state index >= 15 is 0 Å². The van der Waals surface area contributed by atoms with E-state index in [0.717, 1.165) is 30.6 Å². The second-order valence-electron chi connectivity index (χ2n) is 5.80. The number of carbonyl (C=O) groups is 1. The van der Waals surface area contributed by atoms with Crippen molar-refractivity contribution in [1.29, 1.82) is 0 Å². The standard InChI is InChI=1S/C16H21NO3/c1-19-12-6-7-13(20-2)14-11(12)10-16(17-15(14)18)8-4-3-5-9-16/h6-7H,3-5,8-10H2,1-2H3,(H,17,18). The zero-order valence-corrected chi connectivity index (χ0v) is 12.1. The topological polar surface area (TPSA) is 47.6 Å². The second-order valence-corrected chi connectivity index (χ2v) is 5.80. The van der Waals surface area contributed by atoms with Crippen LogP contribution in [0.25, 0.3) is 0 Å². The summed E-state index contributed by atoms with van der Waals surface area (Å²) in [6, 6.07) is 3.70. The molecule has 1 aromatic carbocycles. The summed E-state index contributed by atoms with van der Waals surface area (Å²) < 4.78 is 10.8. The Kier molecular flexibility index (Phi) is 3.32. The average Bonchev–Trinajstić information content (AvgIpc) is 2.46. The molecule has 1 saturated carbocycles. The smallest absolute Gasteiger partial charge is 0.255 e. The van der Waals surface area contributed by atoms with E-state index < -0.39 is 0 Å². The van der Waals surface area contributed by atoms with Crippen LogP contribution in [-0.4, -0.2) is 25.7 Å². The lowest BCUT2D eigenvalue weighted by atomic mass is 9.74. The van der Waals surface area contributed by atoms with E-state index in [9.17, 15) is 4.79 Å². The third-order valence-electron chi connectivity index (χ3n) is 4.60. The van der Waals surface area contributed by atoms with E-state index in [-0.39, 0.29) is 11.4 Å². The molecule has 0 radical (unpaired) electrons. The molecule has 0 saturated heterocycles. The summed E-state index contributed by atoms with van der Waals surface area (Å²) >= 11 is 0. The lowest BCUT2D eigenvalue weighted by molar-refractivity contribution is 0.0838. The molecule has 1 amide bonds. The maximum absolute atomic E-state index is 12.6. The molecule has 4 nitrogen and oxygen atoms in total. The third-order valence-corrected chi connectivity index (χ3v) is 4.60. The molecule has 1 aromatic rings. The summed E-state index contributed by atoms with van der Waals surface area (Å²) in [6.45, 7) is 0. The number of methoxy groups -OCH3 is 2. The van der Waals surface area contributed by atoms with E-state index in [2.05, 4.69) is 5.32 Å². The lowest BCUT2D eigenvalue weighted by Crippen LogP contribution is -2.54. The number of fused-ring (bicyclic) bond motifs is 1. The van der Waals surface area contributed by atoms with Crippen molar-refractivity contribution in [2.75, 3.05) is 14.2 Å². The summed E-state index contributed by atoms with van der Waals surface area (Å²) in [5.41, 5.74) is 1.56. The molecule has 1 aliphatic carbocycles. The predicted molar refractivity (Wildman–Crippen MR) is 76.5 cm³/mol. The fourth-order valence-corrected chi connectivity index (χ4v) is 3.61. The molecule has 0 bridgehead atoms. The van der Waals surface area contributed by atoms with Gasteiger partial charge in [0.15, 0.2) is 0 Å². The Hall–Kier alpha value is -1.71. The molecule has 1 heterocycles. The van der Waals surface area contributed by atoms with Crippen molar-refractivity contribution >= 4 is 5.91 Å². The van der Waals surface area contributed by atoms with E-state index in [0.29, 0.717) is 11.3 Å². The van der Waals surface area contributed by atoms with Crippen molar-refractivity contribution in [1.82, 2.24) is 5.32 Å². The van der Waals surface area contributed by atoms with Gasteiger partial charge in [0.2, 0.25) is 0 Å². The zero-order chi connectivity index (χ0) is 14.2. The molecule has 0 aromatic heterocycles. The Balaban J connectivity index is 2.08. The van der Waals surface area contributed by atoms with Crippen LogP contribution in [0.3, 0.4) is 0 Å². The largest absolute Gasteiger partial charge is 0.496 e. The number of amides is 1. The average molecular weight is 275 g/mol. The Bertz CT molecular complexity index is 533. The van der Waals surface area contributed by atoms with Gasteiger partial charge < -0.3 is 14.8 Å². The first-order chi connectivity index (χ1) is 9.69. The van der Waals surface area contributed by atoms with Crippen LogP contribution in [0.15, 0.2) is 12.1 Å². The van der Waals surface area contributed by atoms with Crippen LogP contribution >= 0.6 is 0 Å². The van der Waals surface area contributed by atoms with Crippen LogP contribution in [-0.2, 0) is 6.42 Å². The van der Waals surface area contributed by atoms with Crippen LogP contribution in [0.2, 0.25) is 0 Å². The van der Waals surface area contributed by atoms with Crippen molar-refractivity contribution in [2.24, 2.45) is 0 Å². The van der Waals surface area contributed by atoms with Crippen LogP contribution in [0.1, 0.15) is 48.0 Å². The highest BCUT2D eigenvalue weighted by Gasteiger charge is 2.41. The van der Waals surface area contributed by atoms with E-state index in [1.54, 1.807) is 20.3 Å². The summed E-state index contributed by atoms with van der Waals surface area (Å²) in [7, 11) is 3.25. The van der Waals surface area contributed by atoms with E-state index in [1.165, 1.54) is 19.3 Å². The van der Waals surface area contributed by atoms with Gasteiger partial charge in [0.25, 0.3) is 5.91 Å². The van der Waals surface area contributed by atoms with Crippen LogP contribution in [0.4, 0.5) is 0 Å². The number of nitrogens with one attached hydrogen (secondary N) is 1. The summed E-state index contributed by atoms with van der Waals surface area (Å²) in [6.07, 6.45) is 6.58. The molecule has 108 valence electrons. The van der Waals surface area contributed by atoms with Gasteiger partial charge in [-0.05, 0) is 25.0 Å². The number of hydrogen-bond donors (Lipinski definition) is 1. The van der Waals surface area contributed by atoms with Gasteiger partial charge in [-0.3, -0.25) is 4.79 Å². The molecule has 0 atom stereocenters. The molecule has 2 aliphatic rings. The molecule has 1 spiro atoms. The third kappa shape index (κ3) is 2.03. The van der Waals surface area contributed by atoms with Crippen molar-refractivity contribution in [3.63, 3.8) is 0 Å². The molecule has 1 N–H and O–H groups in total. The normalized spacial score (nSPS) is 20.2. The van der Waals surface area contributed by atoms with Gasteiger partial charge in [-0.1, -0.05) is 19.3 Å². The highest BCUT2D eigenvalue weighted by Crippen LogP contribution is 2.41. The Morgan fingerprint density at radius 1 is 1.05 bits per heavy atom. The number of hydrogen-bond acceptors (Lipinski definition) is 3. The van der Waals surface area contributed by atoms with Crippen molar-refractivity contribution in [3.05, 3.63) is 23.3 Å². The fourth-order valence-electron chi connectivity index (χ4n) is 3.61. The quantitative estimate of drug-likeness (QED) is 0.902. The predicted octanol–water partition coefficient (Wildman–Crippen LogP) is 2.69. The molecule has 1 aliphatic heterocycles. The monoisotopic (exact) mass is 275 g/mol. The SMILES string of the molecule is COc1ccc(OC)c2c1CC1(CCCCC1)NC2=O. The zero-order valence-electron chi connectivity index (χ0n) is 12.1. The van der Waals surface area contributed by atoms with Gasteiger partial charge in [0, 0.05) is 17.5 Å². The summed E-state index contributed by atoms with van der Waals surface area (Å²) in [4.78, 5) is 12.6. The van der Waals surface area contributed by atoms with Crippen LogP contribution in [0.5, 0.6) is 11.5 Å². The Morgan fingerprint density at radius 3 is 2.35 bits per heavy atom. The minimum Gasteiger partial charge on any atom is -0.496 e. The molecular weight excluding hydrogens is 254 g/mol. The first-order valence-electron chi connectivity index (χ1n) is 7.25. The highest BCUT2D eigenvalue weighted by molar-refractivity contribution is 6.01. The van der Waals surface area contributed by atoms with Gasteiger partial charge in [-0.15, -0.1) is 0 Å². The minimum atomic E-state index is -0.0814. The molecule has 0 unspecified atom stereocenters. The van der Waals surface area contributed by atoms with Gasteiger partial charge in [-0.25, -0.2) is 0 Å². The van der Waals surface area contributed by atoms with E-state index in [1.807, 2.05) is 6.07 Å². The minimum absolute atomic E-state index is 0.0242. The number of carbonyl (C=O) groups excluding carboxylic acids is 1. The van der Waals surface area contributed by atoms with Gasteiger partial charge in [0.1, 0.15) is 11.5 Å². The fraction of sp³-hybridized carbons (Fsp3) is 0.562.